The first kappa shape index (κ1) is 20.0. The summed E-state index contributed by atoms with van der Waals surface area (Å²) in [6.07, 6.45) is 3.21. The summed E-state index contributed by atoms with van der Waals surface area (Å²) in [6.45, 7) is 7.81. The fourth-order valence-electron chi connectivity index (χ4n) is 3.21. The van der Waals surface area contributed by atoms with E-state index in [1.165, 1.54) is 35.4 Å². The highest BCUT2D eigenvalue weighted by atomic mass is 35.5. The summed E-state index contributed by atoms with van der Waals surface area (Å²) >= 11 is 8.32. The van der Waals surface area contributed by atoms with Gasteiger partial charge in [-0.05, 0) is 68.7 Å². The number of hydrogen-bond acceptors (Lipinski definition) is 4. The molecule has 0 radical (unpaired) electrons. The van der Waals surface area contributed by atoms with Gasteiger partial charge in [0.1, 0.15) is 5.60 Å². The van der Waals surface area contributed by atoms with Crippen molar-refractivity contribution < 1.29 is 9.53 Å². The van der Waals surface area contributed by atoms with Gasteiger partial charge in [0.2, 0.25) is 0 Å². The van der Waals surface area contributed by atoms with E-state index in [2.05, 4.69) is 27.7 Å². The Labute approximate surface area is 170 Å². The third-order valence-electron chi connectivity index (χ3n) is 4.46. The van der Waals surface area contributed by atoms with Gasteiger partial charge in [-0.1, -0.05) is 23.7 Å². The van der Waals surface area contributed by atoms with Crippen LogP contribution in [0.4, 0.5) is 10.5 Å². The lowest BCUT2D eigenvalue weighted by molar-refractivity contribution is 0.0523. The monoisotopic (exact) mass is 406 g/mol. The molecule has 0 saturated heterocycles. The van der Waals surface area contributed by atoms with Gasteiger partial charge in [0.05, 0.1) is 5.69 Å². The van der Waals surface area contributed by atoms with E-state index in [0.717, 1.165) is 18.7 Å². The number of carbonyl (C=O) groups excluding carboxylic acids is 1. The van der Waals surface area contributed by atoms with Crippen molar-refractivity contribution in [2.24, 2.45) is 0 Å². The lowest BCUT2D eigenvalue weighted by Gasteiger charge is -2.23. The summed E-state index contributed by atoms with van der Waals surface area (Å²) in [7, 11) is 0. The van der Waals surface area contributed by atoms with Gasteiger partial charge in [0, 0.05) is 29.5 Å². The van der Waals surface area contributed by atoms with Crippen molar-refractivity contribution in [2.45, 2.75) is 58.7 Å². The number of thiophene rings is 1. The molecule has 6 heteroatoms. The molecule has 3 rings (SSSR count). The minimum Gasteiger partial charge on any atom is -0.444 e. The molecule has 2 heterocycles. The van der Waals surface area contributed by atoms with Crippen LogP contribution in [0.25, 0.3) is 0 Å². The first-order chi connectivity index (χ1) is 12.8. The van der Waals surface area contributed by atoms with Gasteiger partial charge in [0.15, 0.2) is 0 Å². The van der Waals surface area contributed by atoms with E-state index in [1.54, 1.807) is 0 Å². The molecule has 1 aliphatic rings. The van der Waals surface area contributed by atoms with Crippen molar-refractivity contribution in [1.82, 2.24) is 5.32 Å². The third-order valence-corrected chi connectivity index (χ3v) is 5.78. The zero-order valence-electron chi connectivity index (χ0n) is 16.2. The maximum atomic E-state index is 11.8. The number of ether oxygens (including phenoxy) is 1. The zero-order chi connectivity index (χ0) is 19.4. The molecular formula is C21H27ClN2O2S. The molecule has 0 atom stereocenters. The number of hydrogen-bond donors (Lipinski definition) is 1. The molecule has 0 saturated carbocycles. The van der Waals surface area contributed by atoms with Crippen LogP contribution in [-0.4, -0.2) is 18.2 Å². The average molecular weight is 407 g/mol. The summed E-state index contributed by atoms with van der Waals surface area (Å²) in [4.78, 5) is 15.7. The van der Waals surface area contributed by atoms with Gasteiger partial charge in [-0.25, -0.2) is 4.79 Å². The van der Waals surface area contributed by atoms with E-state index in [9.17, 15) is 4.79 Å². The predicted octanol–water partition coefficient (Wildman–Crippen LogP) is 5.77. The minimum absolute atomic E-state index is 0.354. The number of carbonyl (C=O) groups is 1. The predicted molar refractivity (Wildman–Crippen MR) is 113 cm³/mol. The number of nitrogens with one attached hydrogen (secondary N) is 1. The van der Waals surface area contributed by atoms with Crippen LogP contribution in [0, 0.1) is 0 Å². The van der Waals surface area contributed by atoms with Crippen molar-refractivity contribution in [3.63, 3.8) is 0 Å². The van der Waals surface area contributed by atoms with Crippen LogP contribution in [0.3, 0.4) is 0 Å². The van der Waals surface area contributed by atoms with Crippen LogP contribution in [-0.2, 0) is 24.2 Å². The number of rotatable bonds is 4. The van der Waals surface area contributed by atoms with Gasteiger partial charge < -0.3 is 15.0 Å². The third kappa shape index (κ3) is 5.63. The van der Waals surface area contributed by atoms with Gasteiger partial charge in [-0.15, -0.1) is 11.3 Å². The highest BCUT2D eigenvalue weighted by Gasteiger charge is 2.18. The van der Waals surface area contributed by atoms with Crippen LogP contribution in [0.2, 0.25) is 5.02 Å². The topological polar surface area (TPSA) is 41.6 Å². The van der Waals surface area contributed by atoms with Crippen molar-refractivity contribution in [2.75, 3.05) is 11.4 Å². The van der Waals surface area contributed by atoms with Crippen molar-refractivity contribution in [3.05, 3.63) is 50.7 Å². The molecule has 4 nitrogen and oxygen atoms in total. The van der Waals surface area contributed by atoms with Gasteiger partial charge in [-0.2, -0.15) is 0 Å². The van der Waals surface area contributed by atoms with Gasteiger partial charge in [-0.3, -0.25) is 0 Å². The Kier molecular flexibility index (Phi) is 6.33. The summed E-state index contributed by atoms with van der Waals surface area (Å²) in [5.41, 5.74) is 2.92. The normalized spacial score (nSPS) is 14.4. The summed E-state index contributed by atoms with van der Waals surface area (Å²) < 4.78 is 5.26. The lowest BCUT2D eigenvalue weighted by atomic mass is 10.1. The number of anilines is 1. The molecule has 0 unspecified atom stereocenters. The Morgan fingerprint density at radius 3 is 2.85 bits per heavy atom. The number of halogens is 1. The number of nitrogens with zero attached hydrogens (tertiary/aromatic N) is 1. The fourth-order valence-corrected chi connectivity index (χ4v) is 4.42. The van der Waals surface area contributed by atoms with Crippen LogP contribution < -0.4 is 10.2 Å². The molecular weight excluding hydrogens is 380 g/mol. The lowest BCUT2D eigenvalue weighted by Crippen LogP contribution is -2.32. The number of aryl methyl sites for hydroxylation is 1. The van der Waals surface area contributed by atoms with Crippen LogP contribution in [0.5, 0.6) is 0 Å². The Hall–Kier alpha value is -1.72. The average Bonchev–Trinajstić information content (AvgIpc) is 2.96. The summed E-state index contributed by atoms with van der Waals surface area (Å²) in [6, 6.07) is 8.31. The second-order valence-electron chi connectivity index (χ2n) is 7.89. The largest absolute Gasteiger partial charge is 0.444 e. The second kappa shape index (κ2) is 8.53. The van der Waals surface area contributed by atoms with Crippen LogP contribution >= 0.6 is 22.9 Å². The summed E-state index contributed by atoms with van der Waals surface area (Å²) in [5, 5.41) is 5.61. The smallest absolute Gasteiger partial charge is 0.407 e. The number of benzene rings is 1. The van der Waals surface area contributed by atoms with Crippen molar-refractivity contribution in [3.8, 4) is 0 Å². The van der Waals surface area contributed by atoms with E-state index in [-0.39, 0.29) is 0 Å². The maximum Gasteiger partial charge on any atom is 0.407 e. The maximum absolute atomic E-state index is 11.8. The van der Waals surface area contributed by atoms with E-state index in [0.29, 0.717) is 11.6 Å². The highest BCUT2D eigenvalue weighted by Crippen LogP contribution is 2.32. The number of alkyl carbamates (subject to hydrolysis) is 1. The SMILES string of the molecule is CC(C)(C)OC(=O)NCc1ccc(CN2CCCCc3sccc32)cc1Cl. The van der Waals surface area contributed by atoms with E-state index in [4.69, 9.17) is 16.3 Å². The number of amides is 1. The summed E-state index contributed by atoms with van der Waals surface area (Å²) in [5.74, 6) is 0. The first-order valence-corrected chi connectivity index (χ1v) is 10.6. The first-order valence-electron chi connectivity index (χ1n) is 9.37. The Balaban J connectivity index is 1.63. The standard InChI is InChI=1S/C21H27ClN2O2S/c1-21(2,3)26-20(25)23-13-16-8-7-15(12-17(16)22)14-24-10-5-4-6-19-18(24)9-11-27-19/h7-9,11-12H,4-6,10,13-14H2,1-3H3,(H,23,25). The molecule has 0 bridgehead atoms. The molecule has 0 aliphatic carbocycles. The quantitative estimate of drug-likeness (QED) is 0.700. The van der Waals surface area contributed by atoms with Gasteiger partial charge in [0.25, 0.3) is 0 Å². The minimum atomic E-state index is -0.509. The molecule has 1 aromatic heterocycles. The van der Waals surface area contributed by atoms with Gasteiger partial charge >= 0.3 is 6.09 Å². The van der Waals surface area contributed by atoms with Crippen molar-refractivity contribution in [1.29, 1.82) is 0 Å². The van der Waals surface area contributed by atoms with Crippen molar-refractivity contribution >= 4 is 34.7 Å². The van der Waals surface area contributed by atoms with Crippen LogP contribution in [0.1, 0.15) is 49.6 Å². The number of fused-ring (bicyclic) bond motifs is 1. The Morgan fingerprint density at radius 1 is 1.30 bits per heavy atom. The molecule has 0 spiro atoms. The molecule has 1 N–H and O–H groups in total. The molecule has 146 valence electrons. The zero-order valence-corrected chi connectivity index (χ0v) is 17.8. The molecule has 27 heavy (non-hydrogen) atoms. The van der Waals surface area contributed by atoms with E-state index >= 15 is 0 Å². The Morgan fingerprint density at radius 2 is 2.11 bits per heavy atom. The highest BCUT2D eigenvalue weighted by molar-refractivity contribution is 7.10. The molecule has 2 aromatic rings. The second-order valence-corrected chi connectivity index (χ2v) is 9.30. The Bertz CT molecular complexity index is 798. The molecule has 1 aromatic carbocycles. The fraction of sp³-hybridized carbons (Fsp3) is 0.476. The molecule has 1 aliphatic heterocycles. The molecule has 1 amide bonds. The molecule has 0 fully saturated rings. The van der Waals surface area contributed by atoms with Crippen LogP contribution in [0.15, 0.2) is 29.6 Å². The van der Waals surface area contributed by atoms with E-state index < -0.39 is 11.7 Å². The van der Waals surface area contributed by atoms with E-state index in [1.807, 2.05) is 44.2 Å².